The van der Waals surface area contributed by atoms with Gasteiger partial charge in [0.05, 0.1) is 11.4 Å². The number of aromatic nitrogens is 5. The van der Waals surface area contributed by atoms with Gasteiger partial charge >= 0.3 is 0 Å². The van der Waals surface area contributed by atoms with Crippen molar-refractivity contribution in [3.63, 3.8) is 0 Å². The molecule has 5 heteroatoms. The number of benzene rings is 14. The molecule has 0 aliphatic carbocycles. The average Bonchev–Trinajstić information content (AvgIpc) is 0.792. The molecule has 2 aromatic heterocycles. The van der Waals surface area contributed by atoms with Crippen LogP contribution in [-0.2, 0) is 0 Å². The molecule has 0 bridgehead atoms. The van der Waals surface area contributed by atoms with Crippen LogP contribution in [-0.4, -0.2) is 24.9 Å². The summed E-state index contributed by atoms with van der Waals surface area (Å²) in [5, 5.41) is 0. The van der Waals surface area contributed by atoms with Crippen LogP contribution in [0.1, 0.15) is 22.3 Å². The Kier molecular flexibility index (Phi) is 18.3. The fourth-order valence-corrected chi connectivity index (χ4v) is 12.7. The Bertz CT molecular complexity index is 4840. The molecule has 0 unspecified atom stereocenters. The van der Waals surface area contributed by atoms with E-state index >= 15 is 0 Å². The number of rotatable bonds is 14. The molecule has 0 spiro atoms. The van der Waals surface area contributed by atoms with Gasteiger partial charge in [0.1, 0.15) is 0 Å². The topological polar surface area (TPSA) is 64.5 Å². The van der Waals surface area contributed by atoms with E-state index < -0.39 is 0 Å². The van der Waals surface area contributed by atoms with E-state index in [2.05, 4.69) is 301 Å². The van der Waals surface area contributed by atoms with E-state index in [1.807, 2.05) is 84.9 Å². The normalized spacial score (nSPS) is 11.0. The zero-order valence-electron chi connectivity index (χ0n) is 56.3. The van der Waals surface area contributed by atoms with Gasteiger partial charge in [-0.15, -0.1) is 0 Å². The fraction of sp³-hybridized carbons (Fsp3) is 0.0421. The number of aryl methyl sites for hydroxylation is 4. The predicted octanol–water partition coefficient (Wildman–Crippen LogP) is 24.9. The second-order valence-corrected chi connectivity index (χ2v) is 25.6. The lowest BCUT2D eigenvalue weighted by molar-refractivity contribution is 1.07. The zero-order valence-corrected chi connectivity index (χ0v) is 56.3. The van der Waals surface area contributed by atoms with Crippen LogP contribution < -0.4 is 0 Å². The van der Waals surface area contributed by atoms with Crippen molar-refractivity contribution >= 4 is 0 Å². The second-order valence-electron chi connectivity index (χ2n) is 25.6. The Morgan fingerprint density at radius 3 is 0.620 bits per heavy atom. The van der Waals surface area contributed by atoms with E-state index in [-0.39, 0.29) is 0 Å². The summed E-state index contributed by atoms with van der Waals surface area (Å²) in [4.78, 5) is 25.4. The van der Waals surface area contributed by atoms with Gasteiger partial charge in [-0.2, -0.15) is 0 Å². The second kappa shape index (κ2) is 28.9. The maximum absolute atomic E-state index is 5.20. The first-order chi connectivity index (χ1) is 49.1. The molecule has 0 saturated heterocycles. The highest BCUT2D eigenvalue weighted by Gasteiger charge is 2.18. The Labute approximate surface area is 586 Å². The van der Waals surface area contributed by atoms with E-state index in [9.17, 15) is 0 Å². The van der Waals surface area contributed by atoms with Gasteiger partial charge in [-0.05, 0) is 183 Å². The third kappa shape index (κ3) is 14.6. The number of hydrogen-bond donors (Lipinski definition) is 0. The molecule has 0 atom stereocenters. The SMILES string of the molecule is Cc1ccc(-c2cccc(-c3cc(-c4cccc(-c5ccc(C)cc5)c4)cc(-c4cc(-c5ccccc5)nc(-c5ccccc5)n4)c3)c2)cc1.Cc1ccc(-c2cccc(-c3cc(-c4cccc(-c5ccc(C)cc5)c4)cc(-c4nc(-c5ccccc5)nc(-c5ccccc5)n4)c3)c2)cc1. The third-order valence-corrected chi connectivity index (χ3v) is 18.3. The van der Waals surface area contributed by atoms with Crippen LogP contribution in [0.3, 0.4) is 0 Å². The molecule has 100 heavy (non-hydrogen) atoms. The highest BCUT2D eigenvalue weighted by Crippen LogP contribution is 2.40. The van der Waals surface area contributed by atoms with Gasteiger partial charge in [0.2, 0.25) is 0 Å². The molecule has 0 saturated carbocycles. The first kappa shape index (κ1) is 63.2. The lowest BCUT2D eigenvalue weighted by Gasteiger charge is -2.14. The van der Waals surface area contributed by atoms with Crippen molar-refractivity contribution in [2.24, 2.45) is 0 Å². The molecule has 2 heterocycles. The lowest BCUT2D eigenvalue weighted by Crippen LogP contribution is -2.00. The molecule has 0 N–H and O–H groups in total. The van der Waals surface area contributed by atoms with Crippen LogP contribution in [0.4, 0.5) is 0 Å². The largest absolute Gasteiger partial charge is 0.228 e. The quantitative estimate of drug-likeness (QED) is 0.109. The van der Waals surface area contributed by atoms with Gasteiger partial charge < -0.3 is 0 Å². The van der Waals surface area contributed by atoms with Gasteiger partial charge in [-0.25, -0.2) is 24.9 Å². The molecule has 0 fully saturated rings. The summed E-state index contributed by atoms with van der Waals surface area (Å²) < 4.78 is 0. The molecule has 16 aromatic rings. The molecule has 14 aromatic carbocycles. The predicted molar refractivity (Wildman–Crippen MR) is 417 cm³/mol. The third-order valence-electron chi connectivity index (χ3n) is 18.3. The monoisotopic (exact) mass is 1280 g/mol. The average molecular weight is 1280 g/mol. The minimum atomic E-state index is 0.630. The van der Waals surface area contributed by atoms with Gasteiger partial charge in [0.15, 0.2) is 23.3 Å². The van der Waals surface area contributed by atoms with Crippen molar-refractivity contribution in [3.8, 4) is 157 Å². The van der Waals surface area contributed by atoms with Crippen molar-refractivity contribution in [2.75, 3.05) is 0 Å². The van der Waals surface area contributed by atoms with Gasteiger partial charge in [0.25, 0.3) is 0 Å². The van der Waals surface area contributed by atoms with Crippen LogP contribution in [0, 0.1) is 27.7 Å². The smallest absolute Gasteiger partial charge is 0.164 e. The minimum Gasteiger partial charge on any atom is -0.228 e. The Balaban J connectivity index is 0.000000162. The summed E-state index contributed by atoms with van der Waals surface area (Å²) in [5.41, 5.74) is 31.2. The molecule has 16 rings (SSSR count). The number of nitrogens with zero attached hydrogens (tertiary/aromatic N) is 5. The molecular formula is C95H71N5. The Morgan fingerprint density at radius 2 is 0.330 bits per heavy atom. The summed E-state index contributed by atoms with van der Waals surface area (Å²) >= 11 is 0. The van der Waals surface area contributed by atoms with Crippen molar-refractivity contribution in [1.29, 1.82) is 0 Å². The Morgan fingerprint density at radius 1 is 0.130 bits per heavy atom. The van der Waals surface area contributed by atoms with E-state index in [0.717, 1.165) is 89.3 Å². The van der Waals surface area contributed by atoms with Crippen molar-refractivity contribution < 1.29 is 0 Å². The fourth-order valence-electron chi connectivity index (χ4n) is 12.7. The highest BCUT2D eigenvalue weighted by atomic mass is 15.0. The Hall–Kier alpha value is -12.8. The first-order valence-corrected chi connectivity index (χ1v) is 34.0. The van der Waals surface area contributed by atoms with E-state index in [0.29, 0.717) is 23.3 Å². The molecule has 5 nitrogen and oxygen atoms in total. The van der Waals surface area contributed by atoms with Gasteiger partial charge in [-0.3, -0.25) is 0 Å². The van der Waals surface area contributed by atoms with Crippen LogP contribution in [0.25, 0.3) is 157 Å². The van der Waals surface area contributed by atoms with Crippen LogP contribution >= 0.6 is 0 Å². The summed E-state index contributed by atoms with van der Waals surface area (Å²) in [6.07, 6.45) is 0. The van der Waals surface area contributed by atoms with E-state index in [1.54, 1.807) is 0 Å². The summed E-state index contributed by atoms with van der Waals surface area (Å²) in [6.45, 7) is 8.49. The highest BCUT2D eigenvalue weighted by molar-refractivity contribution is 5.87. The van der Waals surface area contributed by atoms with Gasteiger partial charge in [-0.1, -0.05) is 313 Å². The first-order valence-electron chi connectivity index (χ1n) is 34.0. The maximum Gasteiger partial charge on any atom is 0.164 e. The van der Waals surface area contributed by atoms with Crippen molar-refractivity contribution in [2.45, 2.75) is 27.7 Å². The van der Waals surface area contributed by atoms with E-state index in [1.165, 1.54) is 66.8 Å². The van der Waals surface area contributed by atoms with Crippen LogP contribution in [0.15, 0.2) is 358 Å². The molecule has 476 valence electrons. The number of hydrogen-bond acceptors (Lipinski definition) is 5. The summed E-state index contributed by atoms with van der Waals surface area (Å²) in [7, 11) is 0. The van der Waals surface area contributed by atoms with Crippen LogP contribution in [0.2, 0.25) is 0 Å². The molecule has 0 aliphatic rings. The van der Waals surface area contributed by atoms with Crippen molar-refractivity contribution in [1.82, 2.24) is 24.9 Å². The summed E-state index contributed by atoms with van der Waals surface area (Å²) in [6, 6.07) is 127. The van der Waals surface area contributed by atoms with E-state index in [4.69, 9.17) is 24.9 Å². The molecule has 0 amide bonds. The van der Waals surface area contributed by atoms with Gasteiger partial charge in [0, 0.05) is 33.4 Å². The zero-order chi connectivity index (χ0) is 67.7. The molecule has 0 aliphatic heterocycles. The molecular weight excluding hydrogens is 1210 g/mol. The van der Waals surface area contributed by atoms with Crippen LogP contribution in [0.5, 0.6) is 0 Å². The molecule has 0 radical (unpaired) electrons. The lowest BCUT2D eigenvalue weighted by atomic mass is 9.92. The standard InChI is InChI=1S/C48H36N2.C47H35N3/c1-33-19-23-35(24-20-33)39-15-9-17-41(27-39)43-29-44(42-18-10-16-40(28-42)36-25-21-34(2)22-26-36)31-45(30-43)47-32-46(37-11-5-3-6-12-37)49-48(50-47)38-13-7-4-8-14-38;1-32-19-23-34(24-20-32)38-15-9-17-40(27-38)42-29-43(41-18-10-16-39(28-41)35-25-21-33(2)22-26-35)31-44(30-42)47-49-45(36-11-5-3-6-12-36)48-46(50-47)37-13-7-4-8-14-37/h3-32H,1-2H3;3-31H,1-2H3. The maximum atomic E-state index is 5.20. The summed E-state index contributed by atoms with van der Waals surface area (Å²) in [5.74, 6) is 2.62. The van der Waals surface area contributed by atoms with Crippen molar-refractivity contribution in [3.05, 3.63) is 380 Å². The minimum absolute atomic E-state index is 0.630.